The van der Waals surface area contributed by atoms with Crippen LogP contribution in [0.5, 0.6) is 5.75 Å². The number of rotatable bonds is 6. The van der Waals surface area contributed by atoms with Gasteiger partial charge in [-0.05, 0) is 12.1 Å². The fraction of sp³-hybridized carbons (Fsp3) is 0.545. The molecule has 0 aliphatic heterocycles. The van der Waals surface area contributed by atoms with Crippen molar-refractivity contribution in [1.82, 2.24) is 4.98 Å². The van der Waals surface area contributed by atoms with Gasteiger partial charge in [-0.15, -0.1) is 11.6 Å². The molecule has 0 saturated carbocycles. The minimum Gasteiger partial charge on any atom is -0.493 e. The molecule has 0 saturated heterocycles. The van der Waals surface area contributed by atoms with E-state index in [1.807, 2.05) is 24.1 Å². The first-order valence-electron chi connectivity index (χ1n) is 5.02. The lowest BCUT2D eigenvalue weighted by molar-refractivity contribution is 0.199. The summed E-state index contributed by atoms with van der Waals surface area (Å²) < 4.78 is 10.2. The Hall–Kier alpha value is -1.00. The molecule has 1 atom stereocenters. The highest BCUT2D eigenvalue weighted by Crippen LogP contribution is 2.23. The van der Waals surface area contributed by atoms with Gasteiger partial charge in [0, 0.05) is 26.9 Å². The third-order valence-corrected chi connectivity index (χ3v) is 2.42. The van der Waals surface area contributed by atoms with Gasteiger partial charge in [0.1, 0.15) is 0 Å². The molecule has 90 valence electrons. The van der Waals surface area contributed by atoms with Crippen molar-refractivity contribution in [3.8, 4) is 5.75 Å². The zero-order valence-corrected chi connectivity index (χ0v) is 10.6. The summed E-state index contributed by atoms with van der Waals surface area (Å²) in [5, 5.41) is -0.0679. The van der Waals surface area contributed by atoms with Crippen molar-refractivity contribution in [3.63, 3.8) is 0 Å². The monoisotopic (exact) mass is 244 g/mol. The molecule has 0 aromatic carbocycles. The van der Waals surface area contributed by atoms with Gasteiger partial charge >= 0.3 is 0 Å². The predicted octanol–water partition coefficient (Wildman–Crippen LogP) is 1.78. The quantitative estimate of drug-likeness (QED) is 0.715. The van der Waals surface area contributed by atoms with Crippen LogP contribution in [0.25, 0.3) is 0 Å². The van der Waals surface area contributed by atoms with E-state index in [0.29, 0.717) is 13.2 Å². The van der Waals surface area contributed by atoms with E-state index in [-0.39, 0.29) is 5.38 Å². The number of halogens is 1. The molecular formula is C11H17ClN2O2. The molecule has 0 amide bonds. The summed E-state index contributed by atoms with van der Waals surface area (Å²) >= 11 is 6.09. The summed E-state index contributed by atoms with van der Waals surface area (Å²) in [7, 11) is 5.19. The molecule has 4 nitrogen and oxygen atoms in total. The topological polar surface area (TPSA) is 34.6 Å². The van der Waals surface area contributed by atoms with Gasteiger partial charge in [0.15, 0.2) is 11.6 Å². The molecule has 0 N–H and O–H groups in total. The summed E-state index contributed by atoms with van der Waals surface area (Å²) in [6.07, 6.45) is 1.73. The van der Waals surface area contributed by atoms with E-state index in [0.717, 1.165) is 11.6 Å². The van der Waals surface area contributed by atoms with Gasteiger partial charge in [0.2, 0.25) is 0 Å². The van der Waals surface area contributed by atoms with Crippen molar-refractivity contribution in [1.29, 1.82) is 0 Å². The van der Waals surface area contributed by atoms with E-state index < -0.39 is 0 Å². The highest BCUT2D eigenvalue weighted by atomic mass is 35.5. The van der Waals surface area contributed by atoms with Crippen molar-refractivity contribution in [2.75, 3.05) is 39.3 Å². The maximum absolute atomic E-state index is 6.09. The number of aromatic nitrogens is 1. The minimum absolute atomic E-state index is 0.0679. The smallest absolute Gasteiger partial charge is 0.171 e. The average Bonchev–Trinajstić information content (AvgIpc) is 2.29. The molecule has 0 bridgehead atoms. The van der Waals surface area contributed by atoms with Crippen LogP contribution in [0.2, 0.25) is 0 Å². The van der Waals surface area contributed by atoms with Crippen LogP contribution >= 0.6 is 11.6 Å². The Morgan fingerprint density at radius 3 is 2.88 bits per heavy atom. The largest absolute Gasteiger partial charge is 0.493 e. The molecule has 0 fully saturated rings. The Morgan fingerprint density at radius 2 is 2.25 bits per heavy atom. The number of hydrogen-bond acceptors (Lipinski definition) is 4. The van der Waals surface area contributed by atoms with Crippen molar-refractivity contribution >= 4 is 17.4 Å². The molecule has 1 aromatic rings. The molecule has 1 aromatic heterocycles. The van der Waals surface area contributed by atoms with Crippen LogP contribution in [0.3, 0.4) is 0 Å². The van der Waals surface area contributed by atoms with Gasteiger partial charge in [-0.25, -0.2) is 4.98 Å². The third kappa shape index (κ3) is 3.54. The molecule has 5 heteroatoms. The molecule has 0 spiro atoms. The molecule has 0 aliphatic rings. The number of hydrogen-bond donors (Lipinski definition) is 0. The molecular weight excluding hydrogens is 228 g/mol. The lowest BCUT2D eigenvalue weighted by Gasteiger charge is -2.22. The number of anilines is 1. The van der Waals surface area contributed by atoms with Crippen molar-refractivity contribution in [2.24, 2.45) is 0 Å². The Labute approximate surface area is 101 Å². The number of alkyl halides is 1. The van der Waals surface area contributed by atoms with Gasteiger partial charge in [-0.2, -0.15) is 0 Å². The summed E-state index contributed by atoms with van der Waals surface area (Å²) in [4.78, 5) is 6.22. The van der Waals surface area contributed by atoms with Crippen LogP contribution in [0.15, 0.2) is 18.3 Å². The van der Waals surface area contributed by atoms with E-state index in [1.165, 1.54) is 0 Å². The number of nitrogens with zero attached hydrogens (tertiary/aromatic N) is 2. The SMILES string of the molecule is COCC(Cl)CN(C)c1ncccc1OC. The van der Waals surface area contributed by atoms with Gasteiger partial charge in [-0.3, -0.25) is 0 Å². The first-order chi connectivity index (χ1) is 7.69. The van der Waals surface area contributed by atoms with Crippen molar-refractivity contribution in [3.05, 3.63) is 18.3 Å². The predicted molar refractivity (Wildman–Crippen MR) is 65.6 cm³/mol. The second-order valence-corrected chi connectivity index (χ2v) is 4.08. The average molecular weight is 245 g/mol. The zero-order valence-electron chi connectivity index (χ0n) is 9.81. The molecule has 1 unspecified atom stereocenters. The molecule has 0 radical (unpaired) electrons. The second-order valence-electron chi connectivity index (χ2n) is 3.46. The second kappa shape index (κ2) is 6.55. The van der Waals surface area contributed by atoms with Crippen molar-refractivity contribution < 1.29 is 9.47 Å². The first-order valence-corrected chi connectivity index (χ1v) is 5.45. The Morgan fingerprint density at radius 1 is 1.50 bits per heavy atom. The van der Waals surface area contributed by atoms with Crippen LogP contribution in [-0.2, 0) is 4.74 Å². The summed E-state index contributed by atoms with van der Waals surface area (Å²) in [5.74, 6) is 1.53. The zero-order chi connectivity index (χ0) is 12.0. The molecule has 1 heterocycles. The molecule has 1 rings (SSSR count). The Balaban J connectivity index is 2.68. The fourth-order valence-corrected chi connectivity index (χ4v) is 1.78. The maximum Gasteiger partial charge on any atom is 0.171 e. The van der Waals surface area contributed by atoms with Gasteiger partial charge < -0.3 is 14.4 Å². The first kappa shape index (κ1) is 13.1. The van der Waals surface area contributed by atoms with Crippen LogP contribution in [0, 0.1) is 0 Å². The van der Waals surface area contributed by atoms with E-state index in [1.54, 1.807) is 20.4 Å². The third-order valence-electron chi connectivity index (χ3n) is 2.15. The number of ether oxygens (including phenoxy) is 2. The van der Waals surface area contributed by atoms with Crippen LogP contribution in [0.4, 0.5) is 5.82 Å². The van der Waals surface area contributed by atoms with E-state index >= 15 is 0 Å². The van der Waals surface area contributed by atoms with E-state index in [2.05, 4.69) is 4.98 Å². The summed E-state index contributed by atoms with van der Waals surface area (Å²) in [6, 6.07) is 3.71. The van der Waals surface area contributed by atoms with Gasteiger partial charge in [0.05, 0.1) is 19.1 Å². The van der Waals surface area contributed by atoms with Crippen LogP contribution < -0.4 is 9.64 Å². The minimum atomic E-state index is -0.0679. The standard InChI is InChI=1S/C11H17ClN2O2/c1-14(7-9(12)8-15-2)11-10(16-3)5-4-6-13-11/h4-6,9H,7-8H2,1-3H3. The fourth-order valence-electron chi connectivity index (χ4n) is 1.45. The lowest BCUT2D eigenvalue weighted by Crippen LogP contribution is -2.29. The number of methoxy groups -OCH3 is 2. The highest BCUT2D eigenvalue weighted by molar-refractivity contribution is 6.21. The molecule has 0 aliphatic carbocycles. The van der Waals surface area contributed by atoms with Crippen molar-refractivity contribution in [2.45, 2.75) is 5.38 Å². The Kier molecular flexibility index (Phi) is 5.35. The normalized spacial score (nSPS) is 12.2. The lowest BCUT2D eigenvalue weighted by atomic mass is 10.3. The maximum atomic E-state index is 6.09. The van der Waals surface area contributed by atoms with Crippen LogP contribution in [-0.4, -0.2) is 44.8 Å². The van der Waals surface area contributed by atoms with E-state index in [9.17, 15) is 0 Å². The van der Waals surface area contributed by atoms with Gasteiger partial charge in [-0.1, -0.05) is 0 Å². The van der Waals surface area contributed by atoms with Crippen LogP contribution in [0.1, 0.15) is 0 Å². The Bertz CT molecular complexity index is 323. The summed E-state index contributed by atoms with van der Waals surface area (Å²) in [5.41, 5.74) is 0. The number of pyridine rings is 1. The summed E-state index contributed by atoms with van der Waals surface area (Å²) in [6.45, 7) is 1.17. The molecule has 16 heavy (non-hydrogen) atoms. The highest BCUT2D eigenvalue weighted by Gasteiger charge is 2.13. The van der Waals surface area contributed by atoms with E-state index in [4.69, 9.17) is 21.1 Å². The van der Waals surface area contributed by atoms with Gasteiger partial charge in [0.25, 0.3) is 0 Å².